The summed E-state index contributed by atoms with van der Waals surface area (Å²) in [5.41, 5.74) is 5.38. The number of rotatable bonds is 6. The zero-order valence-corrected chi connectivity index (χ0v) is 18.6. The first-order valence-electron chi connectivity index (χ1n) is 10.2. The molecule has 1 aliphatic carbocycles. The van der Waals surface area contributed by atoms with Gasteiger partial charge in [0.1, 0.15) is 0 Å². The van der Waals surface area contributed by atoms with Gasteiger partial charge >= 0.3 is 0 Å². The summed E-state index contributed by atoms with van der Waals surface area (Å²) in [5.74, 6) is -0.100. The number of carbonyl (C=O) groups excluding carboxylic acids is 2. The van der Waals surface area contributed by atoms with Crippen LogP contribution in [0, 0.1) is 6.92 Å². The van der Waals surface area contributed by atoms with Crippen LogP contribution in [0.15, 0.2) is 41.1 Å². The Morgan fingerprint density at radius 2 is 2.00 bits per heavy atom. The summed E-state index contributed by atoms with van der Waals surface area (Å²) in [5, 5.41) is 4.41. The molecule has 0 atom stereocenters. The number of amides is 1. The Kier molecular flexibility index (Phi) is 6.33. The van der Waals surface area contributed by atoms with Crippen molar-refractivity contribution in [2.45, 2.75) is 59.9 Å². The summed E-state index contributed by atoms with van der Waals surface area (Å²) in [6.07, 6.45) is 6.38. The number of halogens is 1. The Balaban J connectivity index is 1.95. The molecule has 2 aromatic rings. The molecule has 0 saturated heterocycles. The smallest absolute Gasteiger partial charge is 0.252 e. The maximum Gasteiger partial charge on any atom is 0.252 e. The second-order valence-electron chi connectivity index (χ2n) is 8.19. The molecule has 1 aromatic carbocycles. The predicted octanol–water partition coefficient (Wildman–Crippen LogP) is 5.93. The maximum atomic E-state index is 13.1. The molecule has 1 aliphatic rings. The summed E-state index contributed by atoms with van der Waals surface area (Å²) in [4.78, 5) is 25.7. The number of carbonyl (C=O) groups is 2. The molecular weight excluding hydrogens is 384 g/mol. The molecule has 0 unspecified atom stereocenters. The summed E-state index contributed by atoms with van der Waals surface area (Å²) in [6.45, 7) is 10.5. The van der Waals surface area contributed by atoms with E-state index >= 15 is 0 Å². The van der Waals surface area contributed by atoms with Crippen molar-refractivity contribution in [1.82, 2.24) is 9.88 Å². The zero-order chi connectivity index (χ0) is 21.3. The van der Waals surface area contributed by atoms with Crippen LogP contribution in [0.4, 0.5) is 0 Å². The number of aryl methyl sites for hydroxylation is 1. The van der Waals surface area contributed by atoms with Crippen molar-refractivity contribution in [2.24, 2.45) is 0 Å². The monoisotopic (exact) mass is 412 g/mol. The minimum absolute atomic E-state index is 0.104. The molecule has 0 spiro atoms. The molecule has 5 heteroatoms. The van der Waals surface area contributed by atoms with Gasteiger partial charge in [0.2, 0.25) is 0 Å². The number of Topliss-reactive ketones (excluding diaryl/α,β-unsaturated/α-hetero) is 1. The highest BCUT2D eigenvalue weighted by Crippen LogP contribution is 2.31. The Morgan fingerprint density at radius 1 is 1.28 bits per heavy atom. The van der Waals surface area contributed by atoms with E-state index in [9.17, 15) is 9.59 Å². The van der Waals surface area contributed by atoms with E-state index in [-0.39, 0.29) is 24.3 Å². The fourth-order valence-electron chi connectivity index (χ4n) is 4.10. The molecule has 0 fully saturated rings. The van der Waals surface area contributed by atoms with Gasteiger partial charge in [-0.25, -0.2) is 0 Å². The quantitative estimate of drug-likeness (QED) is 0.639. The average molecular weight is 413 g/mol. The van der Waals surface area contributed by atoms with Crippen LogP contribution in [-0.2, 0) is 4.79 Å². The number of hydrogen-bond donors (Lipinski definition) is 1. The molecule has 0 aliphatic heterocycles. The fourth-order valence-corrected chi connectivity index (χ4v) is 4.32. The fraction of sp³-hybridized carbons (Fsp3) is 0.417. The van der Waals surface area contributed by atoms with Crippen LogP contribution < -0.4 is 5.32 Å². The molecule has 4 nitrogen and oxygen atoms in total. The molecule has 3 rings (SSSR count). The lowest BCUT2D eigenvalue weighted by molar-refractivity contribution is -0.115. The van der Waals surface area contributed by atoms with Crippen molar-refractivity contribution in [3.63, 3.8) is 0 Å². The van der Waals surface area contributed by atoms with Gasteiger partial charge in [0.25, 0.3) is 5.91 Å². The lowest BCUT2D eigenvalue weighted by Crippen LogP contribution is -2.29. The van der Waals surface area contributed by atoms with E-state index in [1.165, 1.54) is 0 Å². The molecule has 1 heterocycles. The lowest BCUT2D eigenvalue weighted by Gasteiger charge is -2.18. The van der Waals surface area contributed by atoms with Crippen LogP contribution in [0.2, 0.25) is 5.02 Å². The van der Waals surface area contributed by atoms with E-state index in [1.807, 2.05) is 19.9 Å². The normalized spacial score (nSPS) is 14.7. The number of aromatic nitrogens is 1. The Hall–Kier alpha value is -2.33. The average Bonchev–Trinajstić information content (AvgIpc) is 2.97. The van der Waals surface area contributed by atoms with Crippen LogP contribution in [0.25, 0.3) is 10.9 Å². The third-order valence-corrected chi connectivity index (χ3v) is 5.64. The van der Waals surface area contributed by atoms with Crippen molar-refractivity contribution in [3.8, 4) is 0 Å². The van der Waals surface area contributed by atoms with Gasteiger partial charge < -0.3 is 9.88 Å². The standard InChI is InChI=1S/C24H29ClN2O2/c1-6-7-17-8-15(4)9-22(28)20(17)12-26-24(29)19-10-18(25)11-21-23(19)16(5)13-27(21)14(2)3/h8,10-11,13-14H,6-7,9,12H2,1-5H3,(H,26,29). The van der Waals surface area contributed by atoms with Crippen molar-refractivity contribution in [3.05, 3.63) is 57.3 Å². The van der Waals surface area contributed by atoms with Gasteiger partial charge in [-0.2, -0.15) is 0 Å². The highest BCUT2D eigenvalue weighted by Gasteiger charge is 2.22. The molecule has 1 N–H and O–H groups in total. The molecule has 0 saturated carbocycles. The molecule has 0 radical (unpaired) electrons. The third kappa shape index (κ3) is 4.32. The van der Waals surface area contributed by atoms with Gasteiger partial charge in [-0.05, 0) is 57.4 Å². The number of nitrogens with one attached hydrogen (secondary N) is 1. The number of allylic oxidation sites excluding steroid dienone is 3. The third-order valence-electron chi connectivity index (χ3n) is 5.42. The van der Waals surface area contributed by atoms with Gasteiger partial charge in [-0.1, -0.05) is 36.6 Å². The molecule has 154 valence electrons. The van der Waals surface area contributed by atoms with Crippen LogP contribution in [0.1, 0.15) is 68.9 Å². The highest BCUT2D eigenvalue weighted by molar-refractivity contribution is 6.32. The van der Waals surface area contributed by atoms with Crippen LogP contribution in [0.5, 0.6) is 0 Å². The topological polar surface area (TPSA) is 51.1 Å². The van der Waals surface area contributed by atoms with Gasteiger partial charge in [-0.3, -0.25) is 9.59 Å². The molecular formula is C24H29ClN2O2. The van der Waals surface area contributed by atoms with Crippen LogP contribution in [0.3, 0.4) is 0 Å². The van der Waals surface area contributed by atoms with E-state index in [4.69, 9.17) is 11.6 Å². The summed E-state index contributed by atoms with van der Waals surface area (Å²) >= 11 is 6.34. The van der Waals surface area contributed by atoms with Crippen molar-refractivity contribution in [2.75, 3.05) is 6.54 Å². The number of benzene rings is 1. The predicted molar refractivity (Wildman–Crippen MR) is 120 cm³/mol. The maximum absolute atomic E-state index is 13.1. The zero-order valence-electron chi connectivity index (χ0n) is 17.9. The SMILES string of the molecule is CCCC1=C(CNC(=O)c2cc(Cl)cc3c2c(C)cn3C(C)C)C(=O)CC(C)=C1. The summed E-state index contributed by atoms with van der Waals surface area (Å²) in [6, 6.07) is 3.88. The minimum atomic E-state index is -0.204. The largest absolute Gasteiger partial charge is 0.348 e. The van der Waals surface area contributed by atoms with Gasteiger partial charge in [0, 0.05) is 41.2 Å². The Morgan fingerprint density at radius 3 is 2.66 bits per heavy atom. The molecule has 1 amide bonds. The molecule has 29 heavy (non-hydrogen) atoms. The van der Waals surface area contributed by atoms with Crippen molar-refractivity contribution >= 4 is 34.2 Å². The van der Waals surface area contributed by atoms with Crippen LogP contribution in [-0.4, -0.2) is 22.8 Å². The number of hydrogen-bond acceptors (Lipinski definition) is 2. The number of nitrogens with zero attached hydrogens (tertiary/aromatic N) is 1. The minimum Gasteiger partial charge on any atom is -0.348 e. The first-order chi connectivity index (χ1) is 13.7. The Labute approximate surface area is 177 Å². The van der Waals surface area contributed by atoms with Crippen molar-refractivity contribution in [1.29, 1.82) is 0 Å². The van der Waals surface area contributed by atoms with E-state index in [0.29, 0.717) is 17.0 Å². The Bertz CT molecular complexity index is 1040. The molecule has 0 bridgehead atoms. The number of fused-ring (bicyclic) bond motifs is 1. The van der Waals surface area contributed by atoms with Crippen molar-refractivity contribution < 1.29 is 9.59 Å². The van der Waals surface area contributed by atoms with E-state index in [0.717, 1.165) is 46.0 Å². The summed E-state index contributed by atoms with van der Waals surface area (Å²) < 4.78 is 2.13. The van der Waals surface area contributed by atoms with E-state index in [1.54, 1.807) is 6.07 Å². The number of ketones is 1. The lowest BCUT2D eigenvalue weighted by atomic mass is 9.89. The van der Waals surface area contributed by atoms with E-state index < -0.39 is 0 Å². The highest BCUT2D eigenvalue weighted by atomic mass is 35.5. The second kappa shape index (κ2) is 8.58. The van der Waals surface area contributed by atoms with Gasteiger partial charge in [0.05, 0.1) is 11.1 Å². The van der Waals surface area contributed by atoms with E-state index in [2.05, 4.69) is 42.9 Å². The summed E-state index contributed by atoms with van der Waals surface area (Å²) in [7, 11) is 0. The first kappa shape index (κ1) is 21.4. The molecule has 1 aromatic heterocycles. The second-order valence-corrected chi connectivity index (χ2v) is 8.62. The van der Waals surface area contributed by atoms with Crippen LogP contribution >= 0.6 is 11.6 Å². The van der Waals surface area contributed by atoms with Gasteiger partial charge in [-0.15, -0.1) is 0 Å². The van der Waals surface area contributed by atoms with Gasteiger partial charge in [0.15, 0.2) is 5.78 Å². The first-order valence-corrected chi connectivity index (χ1v) is 10.6.